The fourth-order valence-electron chi connectivity index (χ4n) is 0. The predicted octanol–water partition coefficient (Wildman–Crippen LogP) is -0.417. The summed E-state index contributed by atoms with van der Waals surface area (Å²) >= 11 is 0. The first-order valence-electron chi connectivity index (χ1n) is 0. The molecule has 5 heavy (non-hydrogen) atoms. The molecule has 0 aliphatic carbocycles. The van der Waals surface area contributed by atoms with Crippen molar-refractivity contribution in [2.24, 2.45) is 0 Å². The van der Waals surface area contributed by atoms with E-state index in [9.17, 15) is 0 Å². The van der Waals surface area contributed by atoms with Crippen LogP contribution in [0.2, 0.25) is 0 Å². The molecule has 30 valence electrons. The molecule has 0 fully saturated rings. The van der Waals surface area contributed by atoms with Gasteiger partial charge in [-0.25, -0.2) is 0 Å². The van der Waals surface area contributed by atoms with Gasteiger partial charge < -0.3 is 16.4 Å². The normalized spacial score (nSPS) is 0. The van der Waals surface area contributed by atoms with E-state index in [1.54, 1.807) is 0 Å². The summed E-state index contributed by atoms with van der Waals surface area (Å²) < 4.78 is 0. The molecule has 0 unspecified atom stereocenters. The third kappa shape index (κ3) is 28.4. The van der Waals surface area contributed by atoms with Crippen LogP contribution in [0.3, 0.4) is 0 Å². The maximum absolute atomic E-state index is 0. The quantitative estimate of drug-likeness (QED) is 0.532. The number of rotatable bonds is 0. The van der Waals surface area contributed by atoms with Crippen LogP contribution in [-0.2, 0) is 28.0 Å². The Kier molecular flexibility index (Phi) is 754. The van der Waals surface area contributed by atoms with E-state index in [0.29, 0.717) is 0 Å². The van der Waals surface area contributed by atoms with Gasteiger partial charge in [0.15, 0.2) is 0 Å². The van der Waals surface area contributed by atoms with Crippen LogP contribution in [0.25, 0.3) is 0 Å². The van der Waals surface area contributed by atoms with Crippen molar-refractivity contribution in [1.82, 2.24) is 0 Å². The first-order chi connectivity index (χ1) is 0. The van der Waals surface area contributed by atoms with Crippen LogP contribution < -0.4 is 0 Å². The summed E-state index contributed by atoms with van der Waals surface area (Å²) in [5.41, 5.74) is 0. The van der Waals surface area contributed by atoms with E-state index in [0.717, 1.165) is 0 Å². The fraction of sp³-hybridized carbons (Fsp3) is 0. The molecule has 0 aliphatic rings. The smallest absolute Gasteiger partial charge is 2.00 e. The molecule has 0 aromatic rings. The van der Waals surface area contributed by atoms with E-state index in [2.05, 4.69) is 0 Å². The molecular formula is HFeLaO3. The van der Waals surface area contributed by atoms with Crippen molar-refractivity contribution in [2.45, 2.75) is 0 Å². The van der Waals surface area contributed by atoms with Gasteiger partial charge in [-0.15, -0.1) is 0 Å². The maximum atomic E-state index is 0. The average molecular weight is 244 g/mol. The van der Waals surface area contributed by atoms with E-state index in [4.69, 9.17) is 0 Å². The molecule has 0 rings (SSSR count). The van der Waals surface area contributed by atoms with Gasteiger partial charge in [-0.05, 0) is 0 Å². The first-order valence-corrected chi connectivity index (χ1v) is 0. The molecule has 0 aliphatic heterocycles. The van der Waals surface area contributed by atoms with Crippen molar-refractivity contribution in [3.8, 4) is 0 Å². The molecule has 0 aromatic carbocycles. The van der Waals surface area contributed by atoms with Crippen molar-refractivity contribution in [2.75, 3.05) is 0 Å². The molecule has 0 bridgehead atoms. The molecule has 0 heterocycles. The zero-order valence-corrected chi connectivity index (χ0v) is 6.92. The summed E-state index contributed by atoms with van der Waals surface area (Å²) in [7, 11) is 0. The van der Waals surface area contributed by atoms with Crippen LogP contribution in [0.1, 0.15) is 0 Å². The van der Waals surface area contributed by atoms with Crippen molar-refractivity contribution in [1.29, 1.82) is 0 Å². The number of hydrogen-bond acceptors (Lipinski definition) is 1. The minimum absolute atomic E-state index is 0. The molecule has 0 spiro atoms. The third-order valence-electron chi connectivity index (χ3n) is 0. The van der Waals surface area contributed by atoms with Crippen LogP contribution in [0, 0.1) is 35.6 Å². The molecule has 0 aromatic heterocycles. The minimum Gasteiger partial charge on any atom is -2.00 e. The molecule has 0 radical (unpaired) electrons. The largest absolute Gasteiger partial charge is 3.00 e. The summed E-state index contributed by atoms with van der Waals surface area (Å²) in [6.07, 6.45) is 0. The second kappa shape index (κ2) is 46.5. The maximum Gasteiger partial charge on any atom is 3.00 e. The molecule has 0 saturated heterocycles. The van der Waals surface area contributed by atoms with Gasteiger partial charge in [0.05, 0.1) is 0 Å². The Hall–Kier alpha value is 1.59. The van der Waals surface area contributed by atoms with Crippen LogP contribution in [-0.4, -0.2) is 5.48 Å². The predicted molar refractivity (Wildman–Crippen MR) is 3.31 cm³/mol. The Balaban J connectivity index is 0. The van der Waals surface area contributed by atoms with E-state index in [-0.39, 0.29) is 69.1 Å². The Labute approximate surface area is 68.5 Å². The van der Waals surface area contributed by atoms with Crippen LogP contribution in [0.15, 0.2) is 0 Å². The van der Waals surface area contributed by atoms with E-state index in [1.165, 1.54) is 0 Å². The second-order valence-electron chi connectivity index (χ2n) is 0. The van der Waals surface area contributed by atoms with Gasteiger partial charge in [0.25, 0.3) is 0 Å². The van der Waals surface area contributed by atoms with Crippen LogP contribution in [0.4, 0.5) is 0 Å². The van der Waals surface area contributed by atoms with Gasteiger partial charge in [-0.2, -0.15) is 0 Å². The van der Waals surface area contributed by atoms with Crippen LogP contribution >= 0.6 is 0 Å². The van der Waals surface area contributed by atoms with Crippen molar-refractivity contribution >= 4 is 0 Å². The summed E-state index contributed by atoms with van der Waals surface area (Å²) in [5.74, 6) is 0. The van der Waals surface area contributed by atoms with E-state index >= 15 is 0 Å². The Morgan fingerprint density at radius 1 is 0.800 bits per heavy atom. The molecule has 3 nitrogen and oxygen atoms in total. The summed E-state index contributed by atoms with van der Waals surface area (Å²) in [5, 5.41) is 0. The summed E-state index contributed by atoms with van der Waals surface area (Å²) in [6, 6.07) is 0. The zero-order valence-electron chi connectivity index (χ0n) is 2.19. The van der Waals surface area contributed by atoms with Gasteiger partial charge in [0, 0.05) is 0 Å². The SMILES string of the molecule is [Fe+2].[La+3].[O-2].[O-2].[OH-]. The monoisotopic (exact) mass is 244 g/mol. The third-order valence-corrected chi connectivity index (χ3v) is 0. The summed E-state index contributed by atoms with van der Waals surface area (Å²) in [6.45, 7) is 0. The Morgan fingerprint density at radius 3 is 0.800 bits per heavy atom. The Morgan fingerprint density at radius 2 is 0.800 bits per heavy atom. The summed E-state index contributed by atoms with van der Waals surface area (Å²) in [4.78, 5) is 0. The average Bonchev–Trinajstić information content (AvgIpc) is 0. The zero-order chi connectivity index (χ0) is 0. The molecule has 1 N–H and O–H groups in total. The van der Waals surface area contributed by atoms with E-state index < -0.39 is 0 Å². The number of hydrogen-bond donors (Lipinski definition) is 0. The van der Waals surface area contributed by atoms with Gasteiger partial charge >= 0.3 is 52.7 Å². The van der Waals surface area contributed by atoms with Gasteiger partial charge in [-0.1, -0.05) is 0 Å². The first kappa shape index (κ1) is 81.2. The molecule has 0 amide bonds. The van der Waals surface area contributed by atoms with E-state index in [1.807, 2.05) is 0 Å². The van der Waals surface area contributed by atoms with Gasteiger partial charge in [-0.3, -0.25) is 0 Å². The molecule has 0 saturated carbocycles. The molecule has 0 atom stereocenters. The van der Waals surface area contributed by atoms with Gasteiger partial charge in [0.2, 0.25) is 0 Å². The topological polar surface area (TPSA) is 87.0 Å². The standard InChI is InChI=1S/Fe.La.H2O.2O/h;;1H2;;/q+2;+3;;2*-2/p-1. The van der Waals surface area contributed by atoms with Gasteiger partial charge in [0.1, 0.15) is 0 Å². The van der Waals surface area contributed by atoms with Crippen molar-refractivity contribution in [3.63, 3.8) is 0 Å². The Bertz CT molecular complexity index is 6.85. The van der Waals surface area contributed by atoms with Crippen molar-refractivity contribution < 1.29 is 69.1 Å². The minimum atomic E-state index is 0. The molecule has 5 heteroatoms. The fourth-order valence-corrected chi connectivity index (χ4v) is 0. The molecular weight excluding hydrogens is 243 g/mol. The second-order valence-corrected chi connectivity index (χ2v) is 0. The van der Waals surface area contributed by atoms with Crippen molar-refractivity contribution in [3.05, 3.63) is 0 Å². The van der Waals surface area contributed by atoms with Crippen LogP contribution in [0.5, 0.6) is 0 Å².